The molecule has 6 nitrogen and oxygen atoms in total. The maximum absolute atomic E-state index is 12.5. The molecule has 0 aromatic heterocycles. The standard InChI is InChI=1S/C21H25N3O3/c1-27-19-7-5-6-18(14-19)22-15-20(25)23-17-10-8-16(9-11-17)21(26)24-12-3-2-4-13-24/h5-11,14,22H,2-4,12-13,15H2,1H3,(H,23,25). The smallest absolute Gasteiger partial charge is 0.253 e. The van der Waals surface area contributed by atoms with E-state index in [1.165, 1.54) is 6.42 Å². The molecule has 0 bridgehead atoms. The summed E-state index contributed by atoms with van der Waals surface area (Å²) in [6, 6.07) is 14.5. The van der Waals surface area contributed by atoms with Crippen molar-refractivity contribution < 1.29 is 14.3 Å². The molecular formula is C21H25N3O3. The van der Waals surface area contributed by atoms with Crippen molar-refractivity contribution in [2.45, 2.75) is 19.3 Å². The number of carbonyl (C=O) groups excluding carboxylic acids is 2. The number of rotatable bonds is 6. The Bertz CT molecular complexity index is 784. The Hall–Kier alpha value is -3.02. The van der Waals surface area contributed by atoms with E-state index in [4.69, 9.17) is 4.74 Å². The molecule has 1 heterocycles. The molecule has 6 heteroatoms. The summed E-state index contributed by atoms with van der Waals surface area (Å²) in [5.41, 5.74) is 2.14. The molecule has 0 spiro atoms. The Morgan fingerprint density at radius 3 is 2.44 bits per heavy atom. The van der Waals surface area contributed by atoms with Crippen LogP contribution in [0, 0.1) is 0 Å². The van der Waals surface area contributed by atoms with Crippen LogP contribution in [0.5, 0.6) is 5.75 Å². The van der Waals surface area contributed by atoms with Crippen LogP contribution in [0.3, 0.4) is 0 Å². The fraction of sp³-hybridized carbons (Fsp3) is 0.333. The van der Waals surface area contributed by atoms with Gasteiger partial charge in [-0.05, 0) is 55.7 Å². The molecule has 0 atom stereocenters. The molecule has 1 fully saturated rings. The highest BCUT2D eigenvalue weighted by Gasteiger charge is 2.17. The lowest BCUT2D eigenvalue weighted by molar-refractivity contribution is -0.114. The Kier molecular flexibility index (Phi) is 6.30. The van der Waals surface area contributed by atoms with Crippen molar-refractivity contribution in [1.82, 2.24) is 4.90 Å². The third-order valence-electron chi connectivity index (χ3n) is 4.58. The van der Waals surface area contributed by atoms with Gasteiger partial charge in [-0.3, -0.25) is 9.59 Å². The van der Waals surface area contributed by atoms with Gasteiger partial charge in [0.25, 0.3) is 5.91 Å². The van der Waals surface area contributed by atoms with Gasteiger partial charge < -0.3 is 20.3 Å². The number of nitrogens with one attached hydrogen (secondary N) is 2. The summed E-state index contributed by atoms with van der Waals surface area (Å²) in [7, 11) is 1.60. The van der Waals surface area contributed by atoms with Crippen molar-refractivity contribution >= 4 is 23.2 Å². The van der Waals surface area contributed by atoms with Gasteiger partial charge in [0.1, 0.15) is 5.75 Å². The summed E-state index contributed by atoms with van der Waals surface area (Å²) < 4.78 is 5.16. The van der Waals surface area contributed by atoms with Gasteiger partial charge in [0.05, 0.1) is 13.7 Å². The summed E-state index contributed by atoms with van der Waals surface area (Å²) in [5.74, 6) is 0.634. The van der Waals surface area contributed by atoms with Gasteiger partial charge in [-0.15, -0.1) is 0 Å². The van der Waals surface area contributed by atoms with Crippen LogP contribution in [-0.2, 0) is 4.79 Å². The van der Waals surface area contributed by atoms with Gasteiger partial charge in [-0.1, -0.05) is 6.07 Å². The number of anilines is 2. The van der Waals surface area contributed by atoms with E-state index >= 15 is 0 Å². The molecule has 0 saturated carbocycles. The van der Waals surface area contributed by atoms with Gasteiger partial charge in [0.15, 0.2) is 0 Å². The van der Waals surface area contributed by atoms with Gasteiger partial charge in [-0.25, -0.2) is 0 Å². The molecule has 3 rings (SSSR count). The average molecular weight is 367 g/mol. The predicted octanol–water partition coefficient (Wildman–Crippen LogP) is 3.37. The molecule has 27 heavy (non-hydrogen) atoms. The lowest BCUT2D eigenvalue weighted by atomic mass is 10.1. The minimum Gasteiger partial charge on any atom is -0.497 e. The Morgan fingerprint density at radius 2 is 1.74 bits per heavy atom. The van der Waals surface area contributed by atoms with Crippen molar-refractivity contribution in [3.63, 3.8) is 0 Å². The van der Waals surface area contributed by atoms with E-state index in [0.29, 0.717) is 11.3 Å². The Balaban J connectivity index is 1.51. The van der Waals surface area contributed by atoms with Crippen molar-refractivity contribution in [3.8, 4) is 5.75 Å². The third kappa shape index (κ3) is 5.23. The van der Waals surface area contributed by atoms with Crippen molar-refractivity contribution in [2.24, 2.45) is 0 Å². The summed E-state index contributed by atoms with van der Waals surface area (Å²) in [5, 5.41) is 5.89. The molecule has 1 aliphatic rings. The first kappa shape index (κ1) is 18.8. The highest BCUT2D eigenvalue weighted by Crippen LogP contribution is 2.17. The largest absolute Gasteiger partial charge is 0.497 e. The minimum absolute atomic E-state index is 0.0623. The summed E-state index contributed by atoms with van der Waals surface area (Å²) in [4.78, 5) is 26.5. The van der Waals surface area contributed by atoms with E-state index in [2.05, 4.69) is 10.6 Å². The van der Waals surface area contributed by atoms with Crippen molar-refractivity contribution in [3.05, 3.63) is 54.1 Å². The first-order valence-corrected chi connectivity index (χ1v) is 9.23. The first-order valence-electron chi connectivity index (χ1n) is 9.23. The second-order valence-electron chi connectivity index (χ2n) is 6.56. The van der Waals surface area contributed by atoms with Crippen LogP contribution in [0.4, 0.5) is 11.4 Å². The summed E-state index contributed by atoms with van der Waals surface area (Å²) in [6.07, 6.45) is 3.33. The molecule has 2 N–H and O–H groups in total. The highest BCUT2D eigenvalue weighted by atomic mass is 16.5. The topological polar surface area (TPSA) is 70.7 Å². The van der Waals surface area contributed by atoms with Gasteiger partial charge in [0.2, 0.25) is 5.91 Å². The SMILES string of the molecule is COc1cccc(NCC(=O)Nc2ccc(C(=O)N3CCCCC3)cc2)c1. The molecule has 1 saturated heterocycles. The van der Waals surface area contributed by atoms with Crippen LogP contribution < -0.4 is 15.4 Å². The molecule has 0 radical (unpaired) electrons. The van der Waals surface area contributed by atoms with Crippen LogP contribution >= 0.6 is 0 Å². The van der Waals surface area contributed by atoms with E-state index in [1.807, 2.05) is 29.2 Å². The Morgan fingerprint density at radius 1 is 1.00 bits per heavy atom. The molecule has 1 aliphatic heterocycles. The van der Waals surface area contributed by atoms with Gasteiger partial charge in [-0.2, -0.15) is 0 Å². The second kappa shape index (κ2) is 9.07. The van der Waals surface area contributed by atoms with Crippen molar-refractivity contribution in [2.75, 3.05) is 37.4 Å². The normalized spacial score (nSPS) is 13.7. The zero-order chi connectivity index (χ0) is 19.1. The fourth-order valence-corrected chi connectivity index (χ4v) is 3.10. The fourth-order valence-electron chi connectivity index (χ4n) is 3.10. The quantitative estimate of drug-likeness (QED) is 0.821. The number of nitrogens with zero attached hydrogens (tertiary/aromatic N) is 1. The van der Waals surface area contributed by atoms with Gasteiger partial charge >= 0.3 is 0 Å². The minimum atomic E-state index is -0.159. The van der Waals surface area contributed by atoms with Crippen LogP contribution in [0.15, 0.2) is 48.5 Å². The number of likely N-dealkylation sites (tertiary alicyclic amines) is 1. The lowest BCUT2D eigenvalue weighted by Crippen LogP contribution is -2.35. The van der Waals surface area contributed by atoms with Crippen LogP contribution in [0.1, 0.15) is 29.6 Å². The lowest BCUT2D eigenvalue weighted by Gasteiger charge is -2.26. The molecule has 2 aromatic rings. The maximum atomic E-state index is 12.5. The zero-order valence-electron chi connectivity index (χ0n) is 15.5. The number of carbonyl (C=O) groups is 2. The molecule has 2 amide bonds. The van der Waals surface area contributed by atoms with E-state index in [0.717, 1.165) is 37.4 Å². The number of amides is 2. The average Bonchev–Trinajstić information content (AvgIpc) is 2.73. The number of benzene rings is 2. The van der Waals surface area contributed by atoms with E-state index in [-0.39, 0.29) is 18.4 Å². The molecule has 142 valence electrons. The number of methoxy groups -OCH3 is 1. The van der Waals surface area contributed by atoms with E-state index in [1.54, 1.807) is 31.4 Å². The number of hydrogen-bond donors (Lipinski definition) is 2. The Labute approximate surface area is 159 Å². The van der Waals surface area contributed by atoms with Gasteiger partial charge in [0, 0.05) is 36.1 Å². The summed E-state index contributed by atoms with van der Waals surface area (Å²) in [6.45, 7) is 1.79. The molecule has 2 aromatic carbocycles. The highest BCUT2D eigenvalue weighted by molar-refractivity contribution is 5.96. The summed E-state index contributed by atoms with van der Waals surface area (Å²) >= 11 is 0. The molecule has 0 aliphatic carbocycles. The molecule has 0 unspecified atom stereocenters. The monoisotopic (exact) mass is 367 g/mol. The first-order chi connectivity index (χ1) is 13.2. The predicted molar refractivity (Wildman–Crippen MR) is 106 cm³/mol. The van der Waals surface area contributed by atoms with Crippen LogP contribution in [-0.4, -0.2) is 43.5 Å². The van der Waals surface area contributed by atoms with Crippen molar-refractivity contribution in [1.29, 1.82) is 0 Å². The van der Waals surface area contributed by atoms with Crippen LogP contribution in [0.25, 0.3) is 0 Å². The van der Waals surface area contributed by atoms with Crippen LogP contribution in [0.2, 0.25) is 0 Å². The van der Waals surface area contributed by atoms with E-state index < -0.39 is 0 Å². The zero-order valence-corrected chi connectivity index (χ0v) is 15.5. The number of ether oxygens (including phenoxy) is 1. The maximum Gasteiger partial charge on any atom is 0.253 e. The number of piperidine rings is 1. The second-order valence-corrected chi connectivity index (χ2v) is 6.56. The number of hydrogen-bond acceptors (Lipinski definition) is 4. The van der Waals surface area contributed by atoms with E-state index in [9.17, 15) is 9.59 Å². The third-order valence-corrected chi connectivity index (χ3v) is 4.58. The molecular weight excluding hydrogens is 342 g/mol.